The van der Waals surface area contributed by atoms with E-state index in [1.807, 2.05) is 0 Å². The Labute approximate surface area is 105 Å². The molecule has 0 saturated heterocycles. The smallest absolute Gasteiger partial charge is 0.316 e. The molecule has 1 aromatic heterocycles. The second-order valence-electron chi connectivity index (χ2n) is 4.61. The van der Waals surface area contributed by atoms with E-state index in [9.17, 15) is 14.7 Å². The molecular formula is C12H17N3O3. The minimum absolute atomic E-state index is 0.0286. The standard InChI is InChI=1S/C12H17N3O3/c16-11(15-7-9-13-5-6-14-9)10(12(17)18)8-3-1-2-4-8/h5-6,8,10H,1-4,7H2,(H,13,14)(H,15,16)(H,17,18). The van der Waals surface area contributed by atoms with E-state index in [4.69, 9.17) is 0 Å². The third-order valence-corrected chi connectivity index (χ3v) is 3.40. The fraction of sp³-hybridized carbons (Fsp3) is 0.583. The first-order valence-electron chi connectivity index (χ1n) is 6.17. The van der Waals surface area contributed by atoms with E-state index in [1.165, 1.54) is 0 Å². The fourth-order valence-corrected chi connectivity index (χ4v) is 2.49. The lowest BCUT2D eigenvalue weighted by molar-refractivity contribution is -0.149. The monoisotopic (exact) mass is 251 g/mol. The van der Waals surface area contributed by atoms with Crippen molar-refractivity contribution in [1.29, 1.82) is 0 Å². The number of carboxylic acids is 1. The molecule has 1 heterocycles. The van der Waals surface area contributed by atoms with Gasteiger partial charge < -0.3 is 15.4 Å². The molecule has 98 valence electrons. The van der Waals surface area contributed by atoms with Gasteiger partial charge in [-0.3, -0.25) is 9.59 Å². The van der Waals surface area contributed by atoms with E-state index in [-0.39, 0.29) is 12.5 Å². The third kappa shape index (κ3) is 2.88. The number of hydrogen-bond donors (Lipinski definition) is 3. The van der Waals surface area contributed by atoms with Gasteiger partial charge in [0.25, 0.3) is 0 Å². The Morgan fingerprint density at radius 2 is 2.22 bits per heavy atom. The lowest BCUT2D eigenvalue weighted by Crippen LogP contribution is -2.39. The first kappa shape index (κ1) is 12.6. The van der Waals surface area contributed by atoms with Gasteiger partial charge >= 0.3 is 5.97 Å². The summed E-state index contributed by atoms with van der Waals surface area (Å²) in [5.74, 6) is -1.77. The van der Waals surface area contributed by atoms with Crippen LogP contribution in [0.3, 0.4) is 0 Å². The highest BCUT2D eigenvalue weighted by atomic mass is 16.4. The van der Waals surface area contributed by atoms with Crippen molar-refractivity contribution in [3.05, 3.63) is 18.2 Å². The molecule has 1 atom stereocenters. The van der Waals surface area contributed by atoms with E-state index in [0.717, 1.165) is 25.7 Å². The highest BCUT2D eigenvalue weighted by molar-refractivity contribution is 5.97. The maximum absolute atomic E-state index is 11.9. The Kier molecular flexibility index (Phi) is 3.96. The summed E-state index contributed by atoms with van der Waals surface area (Å²) in [5.41, 5.74) is 0. The maximum atomic E-state index is 11.9. The normalized spacial score (nSPS) is 17.6. The SMILES string of the molecule is O=C(O)C(C(=O)NCc1ncc[nH]1)C1CCCC1. The van der Waals surface area contributed by atoms with E-state index in [1.54, 1.807) is 12.4 Å². The Balaban J connectivity index is 1.93. The Bertz CT molecular complexity index is 410. The van der Waals surface area contributed by atoms with Crippen LogP contribution in [0.25, 0.3) is 0 Å². The van der Waals surface area contributed by atoms with E-state index in [2.05, 4.69) is 15.3 Å². The lowest BCUT2D eigenvalue weighted by Gasteiger charge is -2.18. The number of aromatic amines is 1. The summed E-state index contributed by atoms with van der Waals surface area (Å²) in [6, 6.07) is 0. The van der Waals surface area contributed by atoms with Crippen LogP contribution in [0.2, 0.25) is 0 Å². The molecule has 0 bridgehead atoms. The van der Waals surface area contributed by atoms with E-state index in [0.29, 0.717) is 5.82 Å². The number of rotatable bonds is 5. The van der Waals surface area contributed by atoms with Crippen molar-refractivity contribution in [3.63, 3.8) is 0 Å². The van der Waals surface area contributed by atoms with Crippen LogP contribution in [0, 0.1) is 11.8 Å². The highest BCUT2D eigenvalue weighted by Gasteiger charge is 2.36. The van der Waals surface area contributed by atoms with Gasteiger partial charge in [-0.25, -0.2) is 4.98 Å². The molecule has 0 radical (unpaired) electrons. The van der Waals surface area contributed by atoms with Gasteiger partial charge in [-0.05, 0) is 18.8 Å². The molecule has 18 heavy (non-hydrogen) atoms. The van der Waals surface area contributed by atoms with Gasteiger partial charge in [-0.1, -0.05) is 12.8 Å². The zero-order chi connectivity index (χ0) is 13.0. The van der Waals surface area contributed by atoms with Gasteiger partial charge in [0, 0.05) is 12.4 Å². The lowest BCUT2D eigenvalue weighted by atomic mass is 9.90. The van der Waals surface area contributed by atoms with Gasteiger partial charge in [0.05, 0.1) is 6.54 Å². The van der Waals surface area contributed by atoms with Gasteiger partial charge in [0.15, 0.2) is 0 Å². The first-order valence-corrected chi connectivity index (χ1v) is 6.17. The van der Waals surface area contributed by atoms with Crippen LogP contribution in [-0.2, 0) is 16.1 Å². The second kappa shape index (κ2) is 5.66. The number of hydrogen-bond acceptors (Lipinski definition) is 3. The van der Waals surface area contributed by atoms with Crippen LogP contribution in [0.5, 0.6) is 0 Å². The molecule has 1 saturated carbocycles. The first-order chi connectivity index (χ1) is 8.68. The number of carbonyl (C=O) groups excluding carboxylic acids is 1. The van der Waals surface area contributed by atoms with Crippen molar-refractivity contribution in [2.45, 2.75) is 32.2 Å². The quantitative estimate of drug-likeness (QED) is 0.678. The minimum atomic E-state index is -1.03. The van der Waals surface area contributed by atoms with Crippen molar-refractivity contribution in [3.8, 4) is 0 Å². The van der Waals surface area contributed by atoms with Crippen LogP contribution >= 0.6 is 0 Å². The number of aromatic nitrogens is 2. The van der Waals surface area contributed by atoms with Gasteiger partial charge in [-0.2, -0.15) is 0 Å². The zero-order valence-electron chi connectivity index (χ0n) is 10.1. The minimum Gasteiger partial charge on any atom is -0.481 e. The average Bonchev–Trinajstić information content (AvgIpc) is 2.99. The van der Waals surface area contributed by atoms with Crippen LogP contribution < -0.4 is 5.32 Å². The molecule has 1 unspecified atom stereocenters. The van der Waals surface area contributed by atoms with Crippen LogP contribution in [0.15, 0.2) is 12.4 Å². The zero-order valence-corrected chi connectivity index (χ0v) is 10.1. The molecule has 2 rings (SSSR count). The molecule has 0 aromatic carbocycles. The molecule has 3 N–H and O–H groups in total. The van der Waals surface area contributed by atoms with Crippen molar-refractivity contribution >= 4 is 11.9 Å². The van der Waals surface area contributed by atoms with Gasteiger partial charge in [-0.15, -0.1) is 0 Å². The second-order valence-corrected chi connectivity index (χ2v) is 4.61. The number of H-pyrrole nitrogens is 1. The highest BCUT2D eigenvalue weighted by Crippen LogP contribution is 2.31. The molecule has 1 amide bonds. The summed E-state index contributed by atoms with van der Waals surface area (Å²) in [6.07, 6.45) is 6.93. The summed E-state index contributed by atoms with van der Waals surface area (Å²) in [6.45, 7) is 0.238. The molecule has 0 spiro atoms. The van der Waals surface area contributed by atoms with Crippen LogP contribution in [0.1, 0.15) is 31.5 Å². The van der Waals surface area contributed by atoms with Gasteiger partial charge in [0.1, 0.15) is 11.7 Å². The van der Waals surface area contributed by atoms with Crippen molar-refractivity contribution < 1.29 is 14.7 Å². The molecule has 1 aromatic rings. The van der Waals surface area contributed by atoms with Crippen LogP contribution in [-0.4, -0.2) is 27.0 Å². The fourth-order valence-electron chi connectivity index (χ4n) is 2.49. The molecule has 1 fully saturated rings. The Hall–Kier alpha value is -1.85. The molecule has 6 heteroatoms. The van der Waals surface area contributed by atoms with Crippen molar-refractivity contribution in [2.75, 3.05) is 0 Å². The Morgan fingerprint density at radius 1 is 1.50 bits per heavy atom. The molecule has 0 aliphatic heterocycles. The van der Waals surface area contributed by atoms with Crippen molar-refractivity contribution in [1.82, 2.24) is 15.3 Å². The summed E-state index contributed by atoms with van der Waals surface area (Å²) in [5, 5.41) is 11.8. The molecule has 1 aliphatic rings. The number of carbonyl (C=O) groups is 2. The number of carboxylic acid groups (broad SMARTS) is 1. The van der Waals surface area contributed by atoms with Gasteiger partial charge in [0.2, 0.25) is 5.91 Å². The molecular weight excluding hydrogens is 234 g/mol. The summed E-state index contributed by atoms with van der Waals surface area (Å²) >= 11 is 0. The number of amides is 1. The van der Waals surface area contributed by atoms with Crippen LogP contribution in [0.4, 0.5) is 0 Å². The molecule has 1 aliphatic carbocycles. The Morgan fingerprint density at radius 3 is 2.78 bits per heavy atom. The topological polar surface area (TPSA) is 95.1 Å². The van der Waals surface area contributed by atoms with E-state index >= 15 is 0 Å². The van der Waals surface area contributed by atoms with Crippen molar-refractivity contribution in [2.24, 2.45) is 11.8 Å². The number of nitrogens with zero attached hydrogens (tertiary/aromatic N) is 1. The average molecular weight is 251 g/mol. The maximum Gasteiger partial charge on any atom is 0.316 e. The number of aliphatic carboxylic acids is 1. The summed E-state index contributed by atoms with van der Waals surface area (Å²) in [4.78, 5) is 30.0. The summed E-state index contributed by atoms with van der Waals surface area (Å²) in [7, 11) is 0. The summed E-state index contributed by atoms with van der Waals surface area (Å²) < 4.78 is 0. The largest absolute Gasteiger partial charge is 0.481 e. The number of imidazole rings is 1. The third-order valence-electron chi connectivity index (χ3n) is 3.40. The van der Waals surface area contributed by atoms with E-state index < -0.39 is 17.8 Å². The predicted molar refractivity (Wildman–Crippen MR) is 63.5 cm³/mol. The molecule has 6 nitrogen and oxygen atoms in total. The number of nitrogens with one attached hydrogen (secondary N) is 2. The predicted octanol–water partition coefficient (Wildman–Crippen LogP) is 0.917.